The van der Waals surface area contributed by atoms with E-state index in [1.807, 2.05) is 18.2 Å². The number of hydrogen-bond donors (Lipinski definition) is 1. The number of carbonyl (C=O) groups excluding carboxylic acids is 2. The van der Waals surface area contributed by atoms with E-state index in [-0.39, 0.29) is 24.7 Å². The highest BCUT2D eigenvalue weighted by Crippen LogP contribution is 2.40. The van der Waals surface area contributed by atoms with E-state index in [0.717, 1.165) is 0 Å². The van der Waals surface area contributed by atoms with Crippen molar-refractivity contribution in [1.29, 1.82) is 0 Å². The van der Waals surface area contributed by atoms with Crippen molar-refractivity contribution in [1.82, 2.24) is 0 Å². The zero-order chi connectivity index (χ0) is 17.8. The van der Waals surface area contributed by atoms with Gasteiger partial charge in [-0.1, -0.05) is 12.1 Å². The van der Waals surface area contributed by atoms with Crippen LogP contribution in [0.4, 0.5) is 5.00 Å². The molecule has 1 atom stereocenters. The highest BCUT2D eigenvalue weighted by atomic mass is 35.5. The molecule has 0 fully saturated rings. The topological polar surface area (TPSA) is 73.9 Å². The maximum atomic E-state index is 12.4. The molecule has 0 saturated heterocycles. The third-order valence-corrected chi connectivity index (χ3v) is 4.69. The average Bonchev–Trinajstić information content (AvgIpc) is 3.05. The Balaban J connectivity index is 1.93. The summed E-state index contributed by atoms with van der Waals surface area (Å²) < 4.78 is 16.8. The number of rotatable bonds is 5. The smallest absolute Gasteiger partial charge is 0.341 e. The Morgan fingerprint density at radius 3 is 2.84 bits per heavy atom. The Morgan fingerprint density at radius 2 is 2.12 bits per heavy atom. The molecule has 1 aromatic heterocycles. The lowest BCUT2D eigenvalue weighted by Crippen LogP contribution is -2.24. The van der Waals surface area contributed by atoms with Gasteiger partial charge in [-0.25, -0.2) is 4.79 Å². The van der Waals surface area contributed by atoms with Crippen molar-refractivity contribution in [2.24, 2.45) is 0 Å². The van der Waals surface area contributed by atoms with E-state index in [1.165, 1.54) is 11.3 Å². The first kappa shape index (κ1) is 17.6. The van der Waals surface area contributed by atoms with Crippen molar-refractivity contribution < 1.29 is 23.8 Å². The molecule has 0 bridgehead atoms. The van der Waals surface area contributed by atoms with Gasteiger partial charge in [-0.05, 0) is 19.1 Å². The maximum absolute atomic E-state index is 12.4. The molecule has 0 saturated carbocycles. The number of anilines is 1. The molecular weight excluding hydrogens is 366 g/mol. The van der Waals surface area contributed by atoms with Crippen LogP contribution in [0.5, 0.6) is 11.5 Å². The van der Waals surface area contributed by atoms with Crippen LogP contribution in [-0.4, -0.2) is 31.0 Å². The van der Waals surface area contributed by atoms with Crippen molar-refractivity contribution in [2.75, 3.05) is 24.4 Å². The van der Waals surface area contributed by atoms with Crippen LogP contribution in [0.3, 0.4) is 0 Å². The number of fused-ring (bicyclic) bond motifs is 1. The highest BCUT2D eigenvalue weighted by Gasteiger charge is 2.31. The number of nitrogens with one attached hydrogen (secondary N) is 1. The maximum Gasteiger partial charge on any atom is 0.341 e. The van der Waals surface area contributed by atoms with Crippen molar-refractivity contribution in [3.63, 3.8) is 0 Å². The molecule has 0 aliphatic carbocycles. The molecule has 0 spiro atoms. The van der Waals surface area contributed by atoms with E-state index in [4.69, 9.17) is 25.8 Å². The number of halogens is 1. The number of para-hydroxylation sites is 2. The van der Waals surface area contributed by atoms with Crippen molar-refractivity contribution in [3.8, 4) is 11.5 Å². The molecule has 1 amide bonds. The average molecular weight is 382 g/mol. The van der Waals surface area contributed by atoms with Gasteiger partial charge >= 0.3 is 5.97 Å². The minimum Gasteiger partial charge on any atom is -0.485 e. The SMILES string of the molecule is CCOC(=O)c1c(C2COc3ccccc3O2)csc1NC(=O)CCl. The zero-order valence-corrected chi connectivity index (χ0v) is 15.0. The van der Waals surface area contributed by atoms with Crippen LogP contribution >= 0.6 is 22.9 Å². The fourth-order valence-electron chi connectivity index (χ4n) is 2.45. The van der Waals surface area contributed by atoms with E-state index in [0.29, 0.717) is 22.1 Å². The van der Waals surface area contributed by atoms with Crippen LogP contribution in [0, 0.1) is 0 Å². The van der Waals surface area contributed by atoms with Gasteiger partial charge in [0.15, 0.2) is 17.6 Å². The molecule has 25 heavy (non-hydrogen) atoms. The lowest BCUT2D eigenvalue weighted by molar-refractivity contribution is -0.113. The summed E-state index contributed by atoms with van der Waals surface area (Å²) in [6, 6.07) is 7.32. The van der Waals surface area contributed by atoms with Gasteiger partial charge in [-0.2, -0.15) is 0 Å². The number of carbonyl (C=O) groups is 2. The van der Waals surface area contributed by atoms with Crippen molar-refractivity contribution >= 4 is 39.8 Å². The predicted octanol–water partition coefficient (Wildman–Crippen LogP) is 3.61. The van der Waals surface area contributed by atoms with Crippen molar-refractivity contribution in [2.45, 2.75) is 13.0 Å². The fourth-order valence-corrected chi connectivity index (χ4v) is 3.52. The normalized spacial score (nSPS) is 15.5. The van der Waals surface area contributed by atoms with Crippen molar-refractivity contribution in [3.05, 3.63) is 40.8 Å². The molecule has 1 aromatic carbocycles. The summed E-state index contributed by atoms with van der Waals surface area (Å²) in [6.45, 7) is 2.20. The summed E-state index contributed by atoms with van der Waals surface area (Å²) in [5, 5.41) is 4.78. The van der Waals surface area contributed by atoms with Gasteiger partial charge in [0.25, 0.3) is 0 Å². The third-order valence-electron chi connectivity index (χ3n) is 3.53. The molecule has 1 aliphatic heterocycles. The molecule has 1 unspecified atom stereocenters. The van der Waals surface area contributed by atoms with E-state index in [1.54, 1.807) is 18.4 Å². The summed E-state index contributed by atoms with van der Waals surface area (Å²) in [6.07, 6.45) is -0.479. The molecule has 2 aromatic rings. The minimum absolute atomic E-state index is 0.202. The van der Waals surface area contributed by atoms with Gasteiger partial charge in [0, 0.05) is 10.9 Å². The first-order chi connectivity index (χ1) is 12.1. The number of amides is 1. The van der Waals surface area contributed by atoms with E-state index in [9.17, 15) is 9.59 Å². The number of thiophene rings is 1. The number of esters is 1. The lowest BCUT2D eigenvalue weighted by atomic mass is 10.1. The Bertz CT molecular complexity index is 791. The molecule has 2 heterocycles. The second kappa shape index (κ2) is 7.76. The number of benzene rings is 1. The number of ether oxygens (including phenoxy) is 3. The Labute approximate surface area is 153 Å². The van der Waals surface area contributed by atoms with E-state index in [2.05, 4.69) is 5.32 Å². The molecule has 0 radical (unpaired) electrons. The summed E-state index contributed by atoms with van der Waals surface area (Å²) in [5.41, 5.74) is 0.890. The molecule has 8 heteroatoms. The molecule has 3 rings (SSSR count). The second-order valence-corrected chi connectivity index (χ2v) is 6.31. The summed E-state index contributed by atoms with van der Waals surface area (Å²) in [4.78, 5) is 24.0. The lowest BCUT2D eigenvalue weighted by Gasteiger charge is -2.26. The van der Waals surface area contributed by atoms with Gasteiger partial charge in [0.1, 0.15) is 23.1 Å². The third kappa shape index (κ3) is 3.72. The number of alkyl halides is 1. The van der Waals surface area contributed by atoms with Crippen LogP contribution in [0.2, 0.25) is 0 Å². The Kier molecular flexibility index (Phi) is 5.45. The molecule has 1 aliphatic rings. The van der Waals surface area contributed by atoms with Gasteiger partial charge in [-0.3, -0.25) is 4.79 Å². The summed E-state index contributed by atoms with van der Waals surface area (Å²) in [5.74, 6) is 0.137. The standard InChI is InChI=1S/C17H16ClNO5S/c1-2-22-17(21)15-10(9-25-16(15)19-14(20)7-18)13-8-23-11-5-3-4-6-12(11)24-13/h3-6,9,13H,2,7-8H2,1H3,(H,19,20). The number of hydrogen-bond acceptors (Lipinski definition) is 6. The quantitative estimate of drug-likeness (QED) is 0.632. The van der Waals surface area contributed by atoms with E-state index < -0.39 is 18.0 Å². The van der Waals surface area contributed by atoms with Crippen LogP contribution in [0.25, 0.3) is 0 Å². The van der Waals surface area contributed by atoms with Crippen LogP contribution in [0.1, 0.15) is 28.9 Å². The Hall–Kier alpha value is -2.25. The van der Waals surface area contributed by atoms with Gasteiger partial charge in [0.2, 0.25) is 5.91 Å². The molecule has 132 valence electrons. The van der Waals surface area contributed by atoms with Gasteiger partial charge in [0.05, 0.1) is 6.61 Å². The first-order valence-electron chi connectivity index (χ1n) is 7.66. The predicted molar refractivity (Wildman–Crippen MR) is 94.9 cm³/mol. The zero-order valence-electron chi connectivity index (χ0n) is 13.4. The summed E-state index contributed by atoms with van der Waals surface area (Å²) >= 11 is 6.76. The van der Waals surface area contributed by atoms with E-state index >= 15 is 0 Å². The largest absolute Gasteiger partial charge is 0.485 e. The molecule has 1 N–H and O–H groups in total. The molecular formula is C17H16ClNO5S. The van der Waals surface area contributed by atoms with Crippen LogP contribution in [-0.2, 0) is 9.53 Å². The second-order valence-electron chi connectivity index (χ2n) is 5.16. The van der Waals surface area contributed by atoms with Gasteiger partial charge < -0.3 is 19.5 Å². The van der Waals surface area contributed by atoms with Gasteiger partial charge in [-0.15, -0.1) is 22.9 Å². The Morgan fingerprint density at radius 1 is 1.36 bits per heavy atom. The highest BCUT2D eigenvalue weighted by molar-refractivity contribution is 7.15. The molecule has 6 nitrogen and oxygen atoms in total. The summed E-state index contributed by atoms with van der Waals surface area (Å²) in [7, 11) is 0. The van der Waals surface area contributed by atoms with Crippen LogP contribution < -0.4 is 14.8 Å². The fraction of sp³-hybridized carbons (Fsp3) is 0.294. The first-order valence-corrected chi connectivity index (χ1v) is 9.08. The van der Waals surface area contributed by atoms with Crippen LogP contribution in [0.15, 0.2) is 29.6 Å². The monoisotopic (exact) mass is 381 g/mol. The minimum atomic E-state index is -0.522.